The van der Waals surface area contributed by atoms with Crippen LogP contribution in [0.5, 0.6) is 0 Å². The standard InChI is InChI=1S/C17H24N4O2.ClH/c1-18-11-15-6-3-9-21(15)16(22)12-4-2-5-14(10-12)20-17(23)19-13-7-8-13;/h2,4-5,10,13,15,18H,3,6-9,11H2,1H3,(H2,19,20,23);1H. The number of amides is 3. The molecule has 7 heteroatoms. The molecule has 0 aromatic heterocycles. The fourth-order valence-electron chi connectivity index (χ4n) is 3.03. The van der Waals surface area contributed by atoms with Gasteiger partial charge in [0.2, 0.25) is 0 Å². The molecule has 6 nitrogen and oxygen atoms in total. The van der Waals surface area contributed by atoms with Gasteiger partial charge in [0.05, 0.1) is 0 Å². The normalized spacial score (nSPS) is 19.5. The maximum Gasteiger partial charge on any atom is 0.319 e. The van der Waals surface area contributed by atoms with Gasteiger partial charge in [0.15, 0.2) is 0 Å². The highest BCUT2D eigenvalue weighted by Crippen LogP contribution is 2.22. The zero-order valence-electron chi connectivity index (χ0n) is 13.9. The van der Waals surface area contributed by atoms with E-state index in [4.69, 9.17) is 0 Å². The van der Waals surface area contributed by atoms with E-state index in [0.717, 1.165) is 38.8 Å². The molecular formula is C17H25ClN4O2. The number of carbonyl (C=O) groups excluding carboxylic acids is 2. The number of hydrogen-bond donors (Lipinski definition) is 3. The van der Waals surface area contributed by atoms with Crippen molar-refractivity contribution in [1.82, 2.24) is 15.5 Å². The molecule has 1 unspecified atom stereocenters. The first-order valence-corrected chi connectivity index (χ1v) is 8.30. The highest BCUT2D eigenvalue weighted by Gasteiger charge is 2.29. The van der Waals surface area contributed by atoms with Gasteiger partial charge in [-0.05, 0) is 50.9 Å². The molecule has 3 amide bonds. The third kappa shape index (κ3) is 4.61. The molecule has 2 fully saturated rings. The molecule has 0 bridgehead atoms. The van der Waals surface area contributed by atoms with Crippen LogP contribution in [-0.4, -0.2) is 49.1 Å². The number of nitrogens with one attached hydrogen (secondary N) is 3. The number of rotatable bonds is 5. The Morgan fingerprint density at radius 1 is 1.25 bits per heavy atom. The van der Waals surface area contributed by atoms with Crippen molar-refractivity contribution in [1.29, 1.82) is 0 Å². The fourth-order valence-corrected chi connectivity index (χ4v) is 3.03. The van der Waals surface area contributed by atoms with Gasteiger partial charge in [0.1, 0.15) is 0 Å². The number of likely N-dealkylation sites (tertiary alicyclic amines) is 1. The lowest BCUT2D eigenvalue weighted by Gasteiger charge is -2.24. The van der Waals surface area contributed by atoms with E-state index in [2.05, 4.69) is 16.0 Å². The van der Waals surface area contributed by atoms with Gasteiger partial charge in [0, 0.05) is 36.4 Å². The van der Waals surface area contributed by atoms with E-state index in [1.807, 2.05) is 18.0 Å². The van der Waals surface area contributed by atoms with Gasteiger partial charge in [-0.1, -0.05) is 6.07 Å². The lowest BCUT2D eigenvalue weighted by Crippen LogP contribution is -2.40. The van der Waals surface area contributed by atoms with Gasteiger partial charge >= 0.3 is 6.03 Å². The van der Waals surface area contributed by atoms with Crippen molar-refractivity contribution in [3.05, 3.63) is 29.8 Å². The van der Waals surface area contributed by atoms with Crippen molar-refractivity contribution in [3.8, 4) is 0 Å². The van der Waals surface area contributed by atoms with Crippen molar-refractivity contribution in [3.63, 3.8) is 0 Å². The van der Waals surface area contributed by atoms with Gasteiger partial charge < -0.3 is 20.9 Å². The molecule has 1 aromatic carbocycles. The molecule has 2 aliphatic rings. The maximum atomic E-state index is 12.7. The number of anilines is 1. The first-order valence-electron chi connectivity index (χ1n) is 8.30. The Labute approximate surface area is 148 Å². The molecule has 1 saturated heterocycles. The number of urea groups is 1. The summed E-state index contributed by atoms with van der Waals surface area (Å²) < 4.78 is 0. The van der Waals surface area contributed by atoms with Crippen molar-refractivity contribution in [2.24, 2.45) is 0 Å². The molecule has 1 heterocycles. The monoisotopic (exact) mass is 352 g/mol. The molecule has 1 saturated carbocycles. The molecule has 1 atom stereocenters. The van der Waals surface area contributed by atoms with Crippen molar-refractivity contribution in [2.75, 3.05) is 25.5 Å². The van der Waals surface area contributed by atoms with Crippen LogP contribution in [0.2, 0.25) is 0 Å². The molecule has 1 aromatic rings. The molecule has 24 heavy (non-hydrogen) atoms. The van der Waals surface area contributed by atoms with Gasteiger partial charge in [0.25, 0.3) is 5.91 Å². The lowest BCUT2D eigenvalue weighted by molar-refractivity contribution is 0.0737. The van der Waals surface area contributed by atoms with Crippen LogP contribution in [0.3, 0.4) is 0 Å². The Hall–Kier alpha value is -1.79. The van der Waals surface area contributed by atoms with E-state index in [0.29, 0.717) is 17.3 Å². The second-order valence-corrected chi connectivity index (χ2v) is 6.31. The summed E-state index contributed by atoms with van der Waals surface area (Å²) in [5.74, 6) is 0.0361. The summed E-state index contributed by atoms with van der Waals surface area (Å²) in [6.45, 7) is 1.61. The maximum absolute atomic E-state index is 12.7. The Morgan fingerprint density at radius 3 is 2.75 bits per heavy atom. The minimum atomic E-state index is -0.202. The summed E-state index contributed by atoms with van der Waals surface area (Å²) in [7, 11) is 1.91. The van der Waals surface area contributed by atoms with Crippen LogP contribution in [0, 0.1) is 0 Å². The highest BCUT2D eigenvalue weighted by molar-refractivity contribution is 5.97. The van der Waals surface area contributed by atoms with Crippen molar-refractivity contribution in [2.45, 2.75) is 37.8 Å². The van der Waals surface area contributed by atoms with Crippen LogP contribution in [-0.2, 0) is 0 Å². The summed E-state index contributed by atoms with van der Waals surface area (Å²) in [5.41, 5.74) is 1.27. The van der Waals surface area contributed by atoms with Gasteiger partial charge in [-0.3, -0.25) is 4.79 Å². The molecular weight excluding hydrogens is 328 g/mol. The largest absolute Gasteiger partial charge is 0.335 e. The third-order valence-electron chi connectivity index (χ3n) is 4.36. The SMILES string of the molecule is CNCC1CCCN1C(=O)c1cccc(NC(=O)NC2CC2)c1.Cl. The van der Waals surface area contributed by atoms with Crippen LogP contribution in [0.25, 0.3) is 0 Å². The van der Waals surface area contributed by atoms with Gasteiger partial charge in [-0.2, -0.15) is 0 Å². The highest BCUT2D eigenvalue weighted by atomic mass is 35.5. The lowest BCUT2D eigenvalue weighted by atomic mass is 10.1. The van der Waals surface area contributed by atoms with Crippen LogP contribution in [0.4, 0.5) is 10.5 Å². The van der Waals surface area contributed by atoms with E-state index in [9.17, 15) is 9.59 Å². The summed E-state index contributed by atoms with van der Waals surface area (Å²) in [5, 5.41) is 8.83. The van der Waals surface area contributed by atoms with Gasteiger partial charge in [-0.25, -0.2) is 4.79 Å². The summed E-state index contributed by atoms with van der Waals surface area (Å²) in [4.78, 5) is 26.5. The minimum Gasteiger partial charge on any atom is -0.335 e. The van der Waals surface area contributed by atoms with E-state index < -0.39 is 0 Å². The average Bonchev–Trinajstić information content (AvgIpc) is 3.22. The first-order chi connectivity index (χ1) is 11.2. The molecule has 0 radical (unpaired) electrons. The Morgan fingerprint density at radius 2 is 2.04 bits per heavy atom. The zero-order valence-corrected chi connectivity index (χ0v) is 14.7. The Balaban J connectivity index is 0.00000208. The second-order valence-electron chi connectivity index (χ2n) is 6.31. The number of likely N-dealkylation sites (N-methyl/N-ethyl adjacent to an activating group) is 1. The predicted octanol–water partition coefficient (Wildman–Crippen LogP) is 2.22. The summed E-state index contributed by atoms with van der Waals surface area (Å²) in [6.07, 6.45) is 4.18. The number of carbonyl (C=O) groups is 2. The van der Waals surface area contributed by atoms with Crippen molar-refractivity contribution >= 4 is 30.0 Å². The van der Waals surface area contributed by atoms with Crippen molar-refractivity contribution < 1.29 is 9.59 Å². The molecule has 3 N–H and O–H groups in total. The van der Waals surface area contributed by atoms with E-state index in [-0.39, 0.29) is 30.4 Å². The Kier molecular flexibility index (Phi) is 6.45. The number of benzene rings is 1. The topological polar surface area (TPSA) is 73.5 Å². The minimum absolute atomic E-state index is 0. The average molecular weight is 353 g/mol. The smallest absolute Gasteiger partial charge is 0.319 e. The quantitative estimate of drug-likeness (QED) is 0.760. The van der Waals surface area contributed by atoms with E-state index in [1.165, 1.54) is 0 Å². The number of nitrogens with zero attached hydrogens (tertiary/aromatic N) is 1. The number of hydrogen-bond acceptors (Lipinski definition) is 3. The molecule has 0 spiro atoms. The molecule has 132 valence electrons. The zero-order chi connectivity index (χ0) is 16.2. The molecule has 1 aliphatic heterocycles. The number of halogens is 1. The van der Waals surface area contributed by atoms with Crippen LogP contribution >= 0.6 is 12.4 Å². The van der Waals surface area contributed by atoms with E-state index >= 15 is 0 Å². The molecule has 1 aliphatic carbocycles. The van der Waals surface area contributed by atoms with E-state index in [1.54, 1.807) is 18.2 Å². The molecule has 3 rings (SSSR count). The predicted molar refractivity (Wildman–Crippen MR) is 96.9 cm³/mol. The second kappa shape index (κ2) is 8.35. The van der Waals surface area contributed by atoms with Crippen LogP contribution in [0.15, 0.2) is 24.3 Å². The summed E-state index contributed by atoms with van der Waals surface area (Å²) in [6, 6.07) is 7.53. The first kappa shape index (κ1) is 18.5. The Bertz CT molecular complexity index is 592. The summed E-state index contributed by atoms with van der Waals surface area (Å²) >= 11 is 0. The fraction of sp³-hybridized carbons (Fsp3) is 0.529. The third-order valence-corrected chi connectivity index (χ3v) is 4.36. The van der Waals surface area contributed by atoms with Gasteiger partial charge in [-0.15, -0.1) is 12.4 Å². The van der Waals surface area contributed by atoms with Crippen LogP contribution in [0.1, 0.15) is 36.0 Å². The van der Waals surface area contributed by atoms with Crippen LogP contribution < -0.4 is 16.0 Å².